The molecule has 1 fully saturated rings. The monoisotopic (exact) mass is 340 g/mol. The number of piperidine rings is 1. The summed E-state index contributed by atoms with van der Waals surface area (Å²) in [6.45, 7) is 2.59. The first-order chi connectivity index (χ1) is 11.8. The Morgan fingerprint density at radius 2 is 2.29 bits per heavy atom. The molecular formula is C18H20N4OS. The van der Waals surface area contributed by atoms with E-state index in [4.69, 9.17) is 0 Å². The van der Waals surface area contributed by atoms with Gasteiger partial charge >= 0.3 is 0 Å². The van der Waals surface area contributed by atoms with Gasteiger partial charge < -0.3 is 15.2 Å². The van der Waals surface area contributed by atoms with Crippen molar-refractivity contribution in [3.05, 3.63) is 58.0 Å². The molecule has 1 atom stereocenters. The Kier molecular flexibility index (Phi) is 4.32. The molecule has 124 valence electrons. The second-order valence-electron chi connectivity index (χ2n) is 6.16. The van der Waals surface area contributed by atoms with Crippen LogP contribution in [0.3, 0.4) is 0 Å². The third-order valence-electron chi connectivity index (χ3n) is 4.45. The highest BCUT2D eigenvalue weighted by atomic mass is 32.1. The summed E-state index contributed by atoms with van der Waals surface area (Å²) < 4.78 is 1.33. The highest BCUT2D eigenvalue weighted by Gasteiger charge is 2.22. The molecule has 1 aromatic carbocycles. The number of aromatic amines is 1. The first-order valence-corrected chi connectivity index (χ1v) is 9.11. The molecule has 4 rings (SSSR count). The molecule has 3 aromatic rings. The van der Waals surface area contributed by atoms with Crippen molar-refractivity contribution in [2.24, 2.45) is 0 Å². The van der Waals surface area contributed by atoms with E-state index in [1.807, 2.05) is 11.3 Å². The average Bonchev–Trinajstić information content (AvgIpc) is 3.04. The van der Waals surface area contributed by atoms with Gasteiger partial charge in [0.05, 0.1) is 0 Å². The van der Waals surface area contributed by atoms with Crippen molar-refractivity contribution in [3.63, 3.8) is 0 Å². The normalized spacial score (nSPS) is 18.2. The number of nitrogens with one attached hydrogen (secondary N) is 2. The van der Waals surface area contributed by atoms with Gasteiger partial charge in [-0.1, -0.05) is 18.2 Å². The molecule has 1 saturated heterocycles. The van der Waals surface area contributed by atoms with E-state index < -0.39 is 0 Å². The van der Waals surface area contributed by atoms with Crippen molar-refractivity contribution in [1.29, 1.82) is 0 Å². The summed E-state index contributed by atoms with van der Waals surface area (Å²) in [5.74, 6) is 0.533. The minimum absolute atomic E-state index is 0.109. The molecule has 1 aliphatic rings. The molecule has 2 N–H and O–H groups in total. The van der Waals surface area contributed by atoms with Gasteiger partial charge in [0, 0.05) is 47.6 Å². The standard InChI is InChI=1S/C18H20N4OS/c23-18-17(19-7-8-20-18)22-9-3-5-14(12-22)21-11-15-10-13-4-1-2-6-16(13)24-15/h1-2,4,6-8,10,14,21H,3,5,9,11-12H2,(H,20,23)/t14-/m0/s1. The Hall–Kier alpha value is -2.18. The maximum Gasteiger partial charge on any atom is 0.290 e. The molecule has 6 heteroatoms. The zero-order valence-corrected chi connectivity index (χ0v) is 14.2. The zero-order chi connectivity index (χ0) is 16.4. The minimum atomic E-state index is -0.109. The minimum Gasteiger partial charge on any atom is -0.350 e. The van der Waals surface area contributed by atoms with Crippen LogP contribution in [0.1, 0.15) is 17.7 Å². The Bertz CT molecular complexity index is 855. The van der Waals surface area contributed by atoms with Crippen LogP contribution in [0.5, 0.6) is 0 Å². The van der Waals surface area contributed by atoms with Gasteiger partial charge in [0.25, 0.3) is 5.56 Å². The molecule has 2 aromatic heterocycles. The molecule has 0 saturated carbocycles. The van der Waals surface area contributed by atoms with Crippen LogP contribution in [0.2, 0.25) is 0 Å². The van der Waals surface area contributed by atoms with E-state index in [9.17, 15) is 4.79 Å². The van der Waals surface area contributed by atoms with Crippen LogP contribution in [0.15, 0.2) is 47.5 Å². The Morgan fingerprint density at radius 1 is 1.38 bits per heavy atom. The number of aromatic nitrogens is 2. The number of hydrogen-bond acceptors (Lipinski definition) is 5. The quantitative estimate of drug-likeness (QED) is 0.767. The number of benzene rings is 1. The molecule has 0 amide bonds. The van der Waals surface area contributed by atoms with E-state index in [1.54, 1.807) is 12.4 Å². The number of thiophene rings is 1. The summed E-state index contributed by atoms with van der Waals surface area (Å²) in [5, 5.41) is 4.96. The number of nitrogens with zero attached hydrogens (tertiary/aromatic N) is 2. The topological polar surface area (TPSA) is 61.0 Å². The van der Waals surface area contributed by atoms with Crippen LogP contribution in [0, 0.1) is 0 Å². The Morgan fingerprint density at radius 3 is 3.17 bits per heavy atom. The van der Waals surface area contributed by atoms with Crippen LogP contribution in [-0.2, 0) is 6.54 Å². The van der Waals surface area contributed by atoms with Gasteiger partial charge in [0.1, 0.15) is 0 Å². The Balaban J connectivity index is 1.41. The maximum atomic E-state index is 11.9. The molecule has 0 aliphatic carbocycles. The third kappa shape index (κ3) is 3.20. The SMILES string of the molecule is O=c1[nH]ccnc1N1CCC[C@H](NCc2cc3ccccc3s2)C1. The molecule has 24 heavy (non-hydrogen) atoms. The summed E-state index contributed by atoms with van der Waals surface area (Å²) in [7, 11) is 0. The fraction of sp³-hybridized carbons (Fsp3) is 0.333. The van der Waals surface area contributed by atoms with Gasteiger partial charge in [-0.3, -0.25) is 4.79 Å². The summed E-state index contributed by atoms with van der Waals surface area (Å²) in [6.07, 6.45) is 5.42. The molecule has 3 heterocycles. The third-order valence-corrected chi connectivity index (χ3v) is 5.57. The molecule has 5 nitrogen and oxygen atoms in total. The van der Waals surface area contributed by atoms with Crippen LogP contribution < -0.4 is 15.8 Å². The average molecular weight is 340 g/mol. The predicted octanol–water partition coefficient (Wildman–Crippen LogP) is 2.74. The summed E-state index contributed by atoms with van der Waals surface area (Å²) in [4.78, 5) is 22.3. The van der Waals surface area contributed by atoms with E-state index >= 15 is 0 Å². The van der Waals surface area contributed by atoms with Crippen molar-refractivity contribution >= 4 is 27.2 Å². The van der Waals surface area contributed by atoms with E-state index in [0.29, 0.717) is 11.9 Å². The van der Waals surface area contributed by atoms with E-state index in [-0.39, 0.29) is 5.56 Å². The lowest BCUT2D eigenvalue weighted by Gasteiger charge is -2.33. The highest BCUT2D eigenvalue weighted by molar-refractivity contribution is 7.19. The smallest absolute Gasteiger partial charge is 0.290 e. The largest absolute Gasteiger partial charge is 0.350 e. The van der Waals surface area contributed by atoms with Crippen LogP contribution in [-0.4, -0.2) is 29.1 Å². The fourth-order valence-electron chi connectivity index (χ4n) is 3.27. The fourth-order valence-corrected chi connectivity index (χ4v) is 4.29. The lowest BCUT2D eigenvalue weighted by atomic mass is 10.1. The number of hydrogen-bond donors (Lipinski definition) is 2. The van der Waals surface area contributed by atoms with E-state index in [0.717, 1.165) is 32.5 Å². The van der Waals surface area contributed by atoms with E-state index in [1.165, 1.54) is 15.0 Å². The molecule has 1 aliphatic heterocycles. The van der Waals surface area contributed by atoms with Crippen LogP contribution in [0.25, 0.3) is 10.1 Å². The molecule has 0 unspecified atom stereocenters. The van der Waals surface area contributed by atoms with Gasteiger partial charge in [-0.15, -0.1) is 11.3 Å². The zero-order valence-electron chi connectivity index (χ0n) is 13.4. The van der Waals surface area contributed by atoms with Gasteiger partial charge in [-0.25, -0.2) is 4.98 Å². The first-order valence-electron chi connectivity index (χ1n) is 8.29. The second-order valence-corrected chi connectivity index (χ2v) is 7.33. The Labute approximate surface area is 144 Å². The summed E-state index contributed by atoms with van der Waals surface area (Å²) >= 11 is 1.84. The van der Waals surface area contributed by atoms with Crippen molar-refractivity contribution in [1.82, 2.24) is 15.3 Å². The van der Waals surface area contributed by atoms with E-state index in [2.05, 4.69) is 50.5 Å². The van der Waals surface area contributed by atoms with Crippen molar-refractivity contribution in [2.45, 2.75) is 25.4 Å². The second kappa shape index (κ2) is 6.75. The summed E-state index contributed by atoms with van der Waals surface area (Å²) in [5.41, 5.74) is -0.109. The van der Waals surface area contributed by atoms with Crippen molar-refractivity contribution in [3.8, 4) is 0 Å². The number of fused-ring (bicyclic) bond motifs is 1. The highest BCUT2D eigenvalue weighted by Crippen LogP contribution is 2.25. The first kappa shape index (κ1) is 15.4. The maximum absolute atomic E-state index is 11.9. The van der Waals surface area contributed by atoms with Gasteiger partial charge in [0.2, 0.25) is 0 Å². The number of H-pyrrole nitrogens is 1. The lowest BCUT2D eigenvalue weighted by molar-refractivity contribution is 0.420. The number of anilines is 1. The van der Waals surface area contributed by atoms with Gasteiger partial charge in [-0.05, 0) is 30.4 Å². The van der Waals surface area contributed by atoms with Crippen LogP contribution >= 0.6 is 11.3 Å². The summed E-state index contributed by atoms with van der Waals surface area (Å²) in [6, 6.07) is 11.1. The molecule has 0 radical (unpaired) electrons. The van der Waals surface area contributed by atoms with Crippen LogP contribution in [0.4, 0.5) is 5.82 Å². The predicted molar refractivity (Wildman–Crippen MR) is 98.8 cm³/mol. The van der Waals surface area contributed by atoms with Gasteiger partial charge in [-0.2, -0.15) is 0 Å². The number of rotatable bonds is 4. The van der Waals surface area contributed by atoms with Crippen molar-refractivity contribution in [2.75, 3.05) is 18.0 Å². The molecule has 0 bridgehead atoms. The van der Waals surface area contributed by atoms with Crippen molar-refractivity contribution < 1.29 is 0 Å². The lowest BCUT2D eigenvalue weighted by Crippen LogP contribution is -2.47. The molecular weight excluding hydrogens is 320 g/mol. The van der Waals surface area contributed by atoms with Gasteiger partial charge in [0.15, 0.2) is 5.82 Å². The molecule has 0 spiro atoms.